The lowest BCUT2D eigenvalue weighted by Gasteiger charge is -2.18. The fourth-order valence-corrected chi connectivity index (χ4v) is 1.92. The molecule has 0 heterocycles. The predicted molar refractivity (Wildman–Crippen MR) is 84.4 cm³/mol. The van der Waals surface area contributed by atoms with Gasteiger partial charge >= 0.3 is 6.03 Å². The summed E-state index contributed by atoms with van der Waals surface area (Å²) < 4.78 is 0. The van der Waals surface area contributed by atoms with Crippen molar-refractivity contribution in [1.29, 1.82) is 5.41 Å². The number of aryl methyl sites for hydroxylation is 1. The molecule has 0 saturated carbocycles. The molecule has 5 N–H and O–H groups in total. The molecule has 21 heavy (non-hydrogen) atoms. The number of amidine groups is 1. The van der Waals surface area contributed by atoms with Crippen molar-refractivity contribution in [2.45, 2.75) is 13.0 Å². The maximum Gasteiger partial charge on any atom is 0.320 e. The molecule has 0 aliphatic rings. The lowest BCUT2D eigenvalue weighted by molar-refractivity contribution is 0.251. The minimum Gasteiger partial charge on any atom is -0.386 e. The Morgan fingerprint density at radius 3 is 2.29 bits per heavy atom. The highest BCUT2D eigenvalue weighted by atomic mass is 16.2. The molecular formula is C16H18N4O. The second-order valence-electron chi connectivity index (χ2n) is 4.76. The standard InChI is InChI=1S/C16H18N4O/c1-11-7-9-13(10-8-11)19-16(21)20-14(15(17)18)12-5-3-2-4-6-12/h2-10,14H,1H3,(H3,17,18)(H2,19,20,21). The van der Waals surface area contributed by atoms with Gasteiger partial charge in [-0.3, -0.25) is 5.41 Å². The fourth-order valence-electron chi connectivity index (χ4n) is 1.92. The monoisotopic (exact) mass is 282 g/mol. The molecule has 1 unspecified atom stereocenters. The molecule has 2 aromatic rings. The van der Waals surface area contributed by atoms with Crippen LogP contribution in [0.2, 0.25) is 0 Å². The van der Waals surface area contributed by atoms with E-state index in [9.17, 15) is 4.79 Å². The zero-order valence-electron chi connectivity index (χ0n) is 11.8. The van der Waals surface area contributed by atoms with Crippen LogP contribution in [0.1, 0.15) is 17.2 Å². The number of hydrogen-bond donors (Lipinski definition) is 4. The smallest absolute Gasteiger partial charge is 0.320 e. The summed E-state index contributed by atoms with van der Waals surface area (Å²) in [5, 5.41) is 13.0. The molecule has 5 nitrogen and oxygen atoms in total. The van der Waals surface area contributed by atoms with Crippen molar-refractivity contribution in [3.05, 3.63) is 65.7 Å². The SMILES string of the molecule is Cc1ccc(NC(=O)NC(C(=N)N)c2ccccc2)cc1. The zero-order chi connectivity index (χ0) is 15.2. The predicted octanol–water partition coefficient (Wildman–Crippen LogP) is 2.79. The maximum absolute atomic E-state index is 12.0. The van der Waals surface area contributed by atoms with Crippen LogP contribution in [0.15, 0.2) is 54.6 Å². The number of benzene rings is 2. The van der Waals surface area contributed by atoms with Crippen molar-refractivity contribution in [1.82, 2.24) is 5.32 Å². The molecule has 2 amide bonds. The minimum atomic E-state index is -0.642. The third kappa shape index (κ3) is 4.07. The molecule has 0 saturated heterocycles. The van der Waals surface area contributed by atoms with Crippen molar-refractivity contribution < 1.29 is 4.79 Å². The lowest BCUT2D eigenvalue weighted by atomic mass is 10.1. The first-order valence-corrected chi connectivity index (χ1v) is 6.59. The average molecular weight is 282 g/mol. The summed E-state index contributed by atoms with van der Waals surface area (Å²) in [4.78, 5) is 12.0. The van der Waals surface area contributed by atoms with Crippen LogP contribution in [-0.2, 0) is 0 Å². The molecule has 0 aliphatic heterocycles. The van der Waals surface area contributed by atoms with E-state index in [1.165, 1.54) is 0 Å². The molecule has 2 rings (SSSR count). The highest BCUT2D eigenvalue weighted by Gasteiger charge is 2.17. The van der Waals surface area contributed by atoms with Crippen molar-refractivity contribution in [3.63, 3.8) is 0 Å². The van der Waals surface area contributed by atoms with E-state index in [-0.39, 0.29) is 5.84 Å². The van der Waals surface area contributed by atoms with E-state index in [1.807, 2.05) is 61.5 Å². The highest BCUT2D eigenvalue weighted by molar-refractivity contribution is 5.94. The van der Waals surface area contributed by atoms with Crippen molar-refractivity contribution in [3.8, 4) is 0 Å². The van der Waals surface area contributed by atoms with Gasteiger partial charge in [-0.25, -0.2) is 4.79 Å². The van der Waals surface area contributed by atoms with Crippen molar-refractivity contribution >= 4 is 17.6 Å². The molecule has 2 aromatic carbocycles. The Bertz CT molecular complexity index is 622. The van der Waals surface area contributed by atoms with Gasteiger partial charge in [0.2, 0.25) is 0 Å². The number of hydrogen-bond acceptors (Lipinski definition) is 2. The van der Waals surface area contributed by atoms with Crippen LogP contribution in [-0.4, -0.2) is 11.9 Å². The van der Waals surface area contributed by atoms with Gasteiger partial charge in [-0.15, -0.1) is 0 Å². The van der Waals surface area contributed by atoms with E-state index in [0.29, 0.717) is 5.69 Å². The van der Waals surface area contributed by atoms with Gasteiger partial charge in [0.1, 0.15) is 11.9 Å². The summed E-state index contributed by atoms with van der Waals surface area (Å²) in [6.45, 7) is 1.98. The summed E-state index contributed by atoms with van der Waals surface area (Å²) >= 11 is 0. The molecule has 0 aromatic heterocycles. The van der Waals surface area contributed by atoms with Gasteiger partial charge in [0.15, 0.2) is 0 Å². The number of urea groups is 1. The largest absolute Gasteiger partial charge is 0.386 e. The Balaban J connectivity index is 2.05. The van der Waals surface area contributed by atoms with E-state index in [1.54, 1.807) is 0 Å². The van der Waals surface area contributed by atoms with Crippen LogP contribution in [0, 0.1) is 12.3 Å². The molecule has 0 aliphatic carbocycles. The Hall–Kier alpha value is -2.82. The number of carbonyl (C=O) groups is 1. The fraction of sp³-hybridized carbons (Fsp3) is 0.125. The van der Waals surface area contributed by atoms with Crippen LogP contribution < -0.4 is 16.4 Å². The Morgan fingerprint density at radius 1 is 1.10 bits per heavy atom. The van der Waals surface area contributed by atoms with Crippen molar-refractivity contribution in [2.75, 3.05) is 5.32 Å². The van der Waals surface area contributed by atoms with Crippen LogP contribution in [0.25, 0.3) is 0 Å². The van der Waals surface area contributed by atoms with Gasteiger partial charge < -0.3 is 16.4 Å². The topological polar surface area (TPSA) is 91.0 Å². The molecule has 0 bridgehead atoms. The van der Waals surface area contributed by atoms with Crippen LogP contribution in [0.3, 0.4) is 0 Å². The van der Waals surface area contributed by atoms with Gasteiger partial charge in [-0.1, -0.05) is 48.0 Å². The third-order valence-electron chi connectivity index (χ3n) is 3.03. The number of anilines is 1. The van der Waals surface area contributed by atoms with Gasteiger partial charge in [-0.2, -0.15) is 0 Å². The first-order valence-electron chi connectivity index (χ1n) is 6.59. The van der Waals surface area contributed by atoms with Crippen LogP contribution in [0.5, 0.6) is 0 Å². The lowest BCUT2D eigenvalue weighted by Crippen LogP contribution is -2.39. The van der Waals surface area contributed by atoms with Gasteiger partial charge in [0.25, 0.3) is 0 Å². The normalized spacial score (nSPS) is 11.5. The van der Waals surface area contributed by atoms with Crippen LogP contribution in [0.4, 0.5) is 10.5 Å². The number of rotatable bonds is 4. The first kappa shape index (κ1) is 14.6. The second kappa shape index (κ2) is 6.56. The van der Waals surface area contributed by atoms with E-state index < -0.39 is 12.1 Å². The molecule has 1 atom stereocenters. The number of amides is 2. The summed E-state index contributed by atoms with van der Waals surface area (Å²) in [6.07, 6.45) is 0. The Morgan fingerprint density at radius 2 is 1.71 bits per heavy atom. The molecule has 0 spiro atoms. The number of nitrogens with one attached hydrogen (secondary N) is 3. The third-order valence-corrected chi connectivity index (χ3v) is 3.03. The van der Waals surface area contributed by atoms with E-state index in [2.05, 4.69) is 10.6 Å². The molecule has 108 valence electrons. The average Bonchev–Trinajstić information content (AvgIpc) is 2.48. The Labute approximate surface area is 123 Å². The molecule has 0 fully saturated rings. The summed E-state index contributed by atoms with van der Waals surface area (Å²) in [7, 11) is 0. The molecular weight excluding hydrogens is 264 g/mol. The molecule has 5 heteroatoms. The second-order valence-corrected chi connectivity index (χ2v) is 4.76. The Kier molecular flexibility index (Phi) is 4.56. The van der Waals surface area contributed by atoms with Gasteiger partial charge in [0, 0.05) is 5.69 Å². The minimum absolute atomic E-state index is 0.111. The number of carbonyl (C=O) groups excluding carboxylic acids is 1. The molecule has 0 radical (unpaired) electrons. The van der Waals surface area contributed by atoms with E-state index in [4.69, 9.17) is 11.1 Å². The summed E-state index contributed by atoms with van der Waals surface area (Å²) in [6, 6.07) is 15.6. The zero-order valence-corrected chi connectivity index (χ0v) is 11.8. The van der Waals surface area contributed by atoms with Gasteiger partial charge in [0.05, 0.1) is 0 Å². The highest BCUT2D eigenvalue weighted by Crippen LogP contribution is 2.13. The van der Waals surface area contributed by atoms with Gasteiger partial charge in [-0.05, 0) is 24.6 Å². The quantitative estimate of drug-likeness (QED) is 0.513. The van der Waals surface area contributed by atoms with E-state index >= 15 is 0 Å². The van der Waals surface area contributed by atoms with Crippen LogP contribution >= 0.6 is 0 Å². The number of nitrogens with two attached hydrogens (primary N) is 1. The summed E-state index contributed by atoms with van der Waals surface area (Å²) in [5.74, 6) is -0.111. The van der Waals surface area contributed by atoms with E-state index in [0.717, 1.165) is 11.1 Å². The first-order chi connectivity index (χ1) is 10.1. The van der Waals surface area contributed by atoms with Crippen molar-refractivity contribution in [2.24, 2.45) is 5.73 Å². The summed E-state index contributed by atoms with van der Waals surface area (Å²) in [5.41, 5.74) is 8.14. The maximum atomic E-state index is 12.0.